The van der Waals surface area contributed by atoms with Crippen molar-refractivity contribution in [3.05, 3.63) is 24.3 Å². The molecule has 1 heterocycles. The van der Waals surface area contributed by atoms with E-state index < -0.39 is 0 Å². The third-order valence-corrected chi connectivity index (χ3v) is 1.01. The van der Waals surface area contributed by atoms with Crippen LogP contribution < -0.4 is 0 Å². The molecule has 0 aliphatic carbocycles. The summed E-state index contributed by atoms with van der Waals surface area (Å²) in [5.41, 5.74) is 0.874. The SMILES string of the molecule is Cc1cn[nH]ccn(C)n1. The van der Waals surface area contributed by atoms with Gasteiger partial charge in [0.05, 0.1) is 11.9 Å². The van der Waals surface area contributed by atoms with Gasteiger partial charge >= 0.3 is 0 Å². The van der Waals surface area contributed by atoms with E-state index in [1.54, 1.807) is 23.3 Å². The van der Waals surface area contributed by atoms with E-state index >= 15 is 0 Å². The Balaban J connectivity index is 3.19. The van der Waals surface area contributed by atoms with Gasteiger partial charge < -0.3 is 0 Å². The lowest BCUT2D eigenvalue weighted by Crippen LogP contribution is -1.95. The van der Waals surface area contributed by atoms with E-state index in [1.165, 1.54) is 0 Å². The van der Waals surface area contributed by atoms with E-state index in [0.717, 1.165) is 5.69 Å². The maximum absolute atomic E-state index is 4.11. The van der Waals surface area contributed by atoms with Gasteiger partial charge in [0, 0.05) is 19.4 Å². The number of aromatic nitrogens is 4. The van der Waals surface area contributed by atoms with Crippen molar-refractivity contribution in [2.24, 2.45) is 7.05 Å². The van der Waals surface area contributed by atoms with Gasteiger partial charge in [0.2, 0.25) is 0 Å². The van der Waals surface area contributed by atoms with Crippen molar-refractivity contribution in [3.63, 3.8) is 0 Å². The van der Waals surface area contributed by atoms with Gasteiger partial charge in [-0.2, -0.15) is 10.2 Å². The van der Waals surface area contributed by atoms with Crippen LogP contribution in [0, 0.1) is 6.92 Å². The third kappa shape index (κ3) is 1.89. The van der Waals surface area contributed by atoms with E-state index in [2.05, 4.69) is 15.3 Å². The monoisotopic (exact) mass is 138 g/mol. The summed E-state index contributed by atoms with van der Waals surface area (Å²) < 4.78 is 1.72. The smallest absolute Gasteiger partial charge is 0.0778 e. The van der Waals surface area contributed by atoms with Crippen LogP contribution in [-0.2, 0) is 7.05 Å². The molecule has 1 rings (SSSR count). The van der Waals surface area contributed by atoms with Gasteiger partial charge in [0.1, 0.15) is 0 Å². The highest BCUT2D eigenvalue weighted by atomic mass is 15.2. The molecule has 0 spiro atoms. The first kappa shape index (κ1) is 6.80. The molecule has 1 N–H and O–H groups in total. The van der Waals surface area contributed by atoms with Gasteiger partial charge in [-0.3, -0.25) is 9.78 Å². The first-order chi connectivity index (χ1) is 4.79. The molecule has 0 amide bonds. The van der Waals surface area contributed by atoms with Crippen LogP contribution in [0.2, 0.25) is 0 Å². The Morgan fingerprint density at radius 3 is 3.20 bits per heavy atom. The molecule has 4 nitrogen and oxygen atoms in total. The average molecular weight is 138 g/mol. The predicted molar refractivity (Wildman–Crippen MR) is 37.7 cm³/mol. The number of nitrogens with one attached hydrogen (secondary N) is 1. The van der Waals surface area contributed by atoms with E-state index in [4.69, 9.17) is 0 Å². The van der Waals surface area contributed by atoms with Crippen molar-refractivity contribution >= 4 is 0 Å². The maximum atomic E-state index is 4.11. The Hall–Kier alpha value is -1.32. The molecular weight excluding hydrogens is 128 g/mol. The van der Waals surface area contributed by atoms with Crippen molar-refractivity contribution in [2.75, 3.05) is 0 Å². The molecule has 0 bridgehead atoms. The summed E-state index contributed by atoms with van der Waals surface area (Å²) in [6.07, 6.45) is 5.17. The first-order valence-electron chi connectivity index (χ1n) is 3.02. The van der Waals surface area contributed by atoms with E-state index in [1.807, 2.05) is 14.0 Å². The molecule has 0 aliphatic heterocycles. The fourth-order valence-corrected chi connectivity index (χ4v) is 0.623. The lowest BCUT2D eigenvalue weighted by Gasteiger charge is -1.92. The van der Waals surface area contributed by atoms with E-state index in [9.17, 15) is 0 Å². The maximum Gasteiger partial charge on any atom is 0.0778 e. The van der Waals surface area contributed by atoms with E-state index in [-0.39, 0.29) is 0 Å². The summed E-state index contributed by atoms with van der Waals surface area (Å²) in [7, 11) is 1.86. The number of rotatable bonds is 0. The molecule has 0 aromatic carbocycles. The molecule has 1 aromatic heterocycles. The molecule has 4 heteroatoms. The minimum atomic E-state index is 0.874. The Labute approximate surface area is 59.2 Å². The second-order valence-corrected chi connectivity index (χ2v) is 2.02. The minimum absolute atomic E-state index is 0.874. The minimum Gasteiger partial charge on any atom is -0.284 e. The highest BCUT2D eigenvalue weighted by molar-refractivity contribution is 4.83. The second-order valence-electron chi connectivity index (χ2n) is 2.02. The zero-order valence-electron chi connectivity index (χ0n) is 6.07. The number of aromatic amines is 1. The zero-order chi connectivity index (χ0) is 7.40. The van der Waals surface area contributed by atoms with Gasteiger partial charge in [-0.1, -0.05) is 0 Å². The topological polar surface area (TPSA) is 46.5 Å². The van der Waals surface area contributed by atoms with E-state index in [0.29, 0.717) is 0 Å². The Morgan fingerprint density at radius 1 is 1.60 bits per heavy atom. The second kappa shape index (κ2) is 3.00. The van der Waals surface area contributed by atoms with Crippen LogP contribution >= 0.6 is 0 Å². The molecule has 54 valence electrons. The lowest BCUT2D eigenvalue weighted by molar-refractivity contribution is 0.718. The molecule has 0 fully saturated rings. The summed E-state index contributed by atoms with van der Waals surface area (Å²) in [6.45, 7) is 1.89. The quantitative estimate of drug-likeness (QED) is 0.570. The molecule has 0 atom stereocenters. The van der Waals surface area contributed by atoms with Crippen LogP contribution in [0.1, 0.15) is 5.69 Å². The third-order valence-electron chi connectivity index (χ3n) is 1.01. The molecule has 0 unspecified atom stereocenters. The van der Waals surface area contributed by atoms with Gasteiger partial charge in [0.15, 0.2) is 0 Å². The molecule has 0 radical (unpaired) electrons. The summed E-state index contributed by atoms with van der Waals surface area (Å²) in [6, 6.07) is 0. The van der Waals surface area contributed by atoms with Crippen molar-refractivity contribution < 1.29 is 0 Å². The van der Waals surface area contributed by atoms with Crippen molar-refractivity contribution in [2.45, 2.75) is 6.92 Å². The lowest BCUT2D eigenvalue weighted by atomic mass is 10.6. The standard InChI is InChI=1S/C6H10N4/c1-6-5-8-7-3-4-10(2)9-6/h3-5,7H,1-2H3. The molecular formula is C6H10N4. The van der Waals surface area contributed by atoms with Crippen LogP contribution in [0.4, 0.5) is 0 Å². The fraction of sp³-hybridized carbons (Fsp3) is 0.333. The highest BCUT2D eigenvalue weighted by Gasteiger charge is 1.77. The molecule has 0 aliphatic rings. The summed E-state index contributed by atoms with van der Waals surface area (Å²) in [5, 5.41) is 10.7. The van der Waals surface area contributed by atoms with Crippen molar-refractivity contribution in [1.29, 1.82) is 0 Å². The molecule has 0 saturated carbocycles. The van der Waals surface area contributed by atoms with Crippen LogP contribution in [0.15, 0.2) is 18.6 Å². The Morgan fingerprint density at radius 2 is 2.40 bits per heavy atom. The van der Waals surface area contributed by atoms with Crippen LogP contribution in [0.25, 0.3) is 0 Å². The van der Waals surface area contributed by atoms with Gasteiger partial charge in [0.25, 0.3) is 0 Å². The largest absolute Gasteiger partial charge is 0.284 e. The summed E-state index contributed by atoms with van der Waals surface area (Å²) >= 11 is 0. The average Bonchev–Trinajstić information content (AvgIpc) is 1.83. The summed E-state index contributed by atoms with van der Waals surface area (Å²) in [5.74, 6) is 0. The fourth-order valence-electron chi connectivity index (χ4n) is 0.623. The molecule has 1 aromatic rings. The van der Waals surface area contributed by atoms with Crippen LogP contribution in [0.3, 0.4) is 0 Å². The predicted octanol–water partition coefficient (Wildman–Crippen LogP) is 0.576. The number of aryl methyl sites for hydroxylation is 2. The van der Waals surface area contributed by atoms with Crippen LogP contribution in [-0.4, -0.2) is 20.0 Å². The van der Waals surface area contributed by atoms with Crippen molar-refractivity contribution in [1.82, 2.24) is 20.0 Å². The zero-order valence-corrected chi connectivity index (χ0v) is 6.07. The first-order valence-corrected chi connectivity index (χ1v) is 3.02. The molecule has 10 heavy (non-hydrogen) atoms. The number of hydrogen-bond acceptors (Lipinski definition) is 2. The number of H-pyrrole nitrogens is 1. The van der Waals surface area contributed by atoms with Crippen LogP contribution in [0.5, 0.6) is 0 Å². The van der Waals surface area contributed by atoms with Gasteiger partial charge in [-0.15, -0.1) is 0 Å². The highest BCUT2D eigenvalue weighted by Crippen LogP contribution is 1.79. The molecule has 0 saturated heterocycles. The Kier molecular flexibility index (Phi) is 2.04. The number of nitrogens with zero attached hydrogens (tertiary/aromatic N) is 3. The number of hydrogen-bond donors (Lipinski definition) is 1. The van der Waals surface area contributed by atoms with Gasteiger partial charge in [-0.25, -0.2) is 0 Å². The normalized spacial score (nSPS) is 9.00. The Bertz CT molecular complexity index is 224. The van der Waals surface area contributed by atoms with Gasteiger partial charge in [-0.05, 0) is 6.92 Å². The van der Waals surface area contributed by atoms with Crippen molar-refractivity contribution in [3.8, 4) is 0 Å². The summed E-state index contributed by atoms with van der Waals surface area (Å²) in [4.78, 5) is 0.